The third-order valence-electron chi connectivity index (χ3n) is 4.89. The quantitative estimate of drug-likeness (QED) is 0.323. The maximum Gasteiger partial charge on any atom is 0.247 e. The molecule has 0 bridgehead atoms. The average Bonchev–Trinajstić information content (AvgIpc) is 2.84. The number of para-hydroxylation sites is 1. The number of amides is 1. The zero-order chi connectivity index (χ0) is 24.8. The molecule has 0 aliphatic rings. The second kappa shape index (κ2) is 11.0. The van der Waals surface area contributed by atoms with E-state index in [9.17, 15) is 4.79 Å². The van der Waals surface area contributed by atoms with Gasteiger partial charge in [0.2, 0.25) is 5.91 Å². The standard InChI is InChI=1S/C25H22Cl2FN3O3/c1-5-22(32)30-18-8-6-7-14(2)25(18)31-21-10-9-15(13-29-21)17(28)11-16-23(26)19(33-3)12-20(34-4)24(16)27/h5-13H,1H2,2-4H3,(H,29,31)(H,30,32)/b17-11-. The summed E-state index contributed by atoms with van der Waals surface area (Å²) in [5.41, 5.74) is 2.55. The van der Waals surface area contributed by atoms with Crippen molar-refractivity contribution in [2.45, 2.75) is 6.92 Å². The molecule has 0 atom stereocenters. The van der Waals surface area contributed by atoms with Gasteiger partial charge in [-0.3, -0.25) is 4.79 Å². The maximum absolute atomic E-state index is 15.1. The molecule has 0 unspecified atom stereocenters. The van der Waals surface area contributed by atoms with E-state index < -0.39 is 5.83 Å². The number of pyridine rings is 1. The monoisotopic (exact) mass is 501 g/mol. The van der Waals surface area contributed by atoms with Crippen molar-refractivity contribution in [3.63, 3.8) is 0 Å². The third-order valence-corrected chi connectivity index (χ3v) is 5.67. The summed E-state index contributed by atoms with van der Waals surface area (Å²) < 4.78 is 25.5. The first-order valence-corrected chi connectivity index (χ1v) is 10.8. The number of nitrogens with zero attached hydrogens (tertiary/aromatic N) is 1. The highest BCUT2D eigenvalue weighted by molar-refractivity contribution is 6.39. The zero-order valence-corrected chi connectivity index (χ0v) is 20.2. The zero-order valence-electron chi connectivity index (χ0n) is 18.7. The number of nitrogens with one attached hydrogen (secondary N) is 2. The van der Waals surface area contributed by atoms with Crippen molar-refractivity contribution in [3.8, 4) is 11.5 Å². The predicted octanol–water partition coefficient (Wildman–Crippen LogP) is 7.05. The molecule has 0 saturated carbocycles. The normalized spacial score (nSPS) is 11.1. The molecule has 0 spiro atoms. The minimum absolute atomic E-state index is 0.156. The summed E-state index contributed by atoms with van der Waals surface area (Å²) in [6, 6.07) is 10.2. The lowest BCUT2D eigenvalue weighted by atomic mass is 10.1. The first kappa shape index (κ1) is 25.1. The number of ether oxygens (including phenoxy) is 2. The van der Waals surface area contributed by atoms with Crippen LogP contribution in [0.25, 0.3) is 11.9 Å². The minimum Gasteiger partial charge on any atom is -0.495 e. The molecule has 0 aliphatic carbocycles. The number of halogens is 3. The number of hydrogen-bond donors (Lipinski definition) is 2. The summed E-state index contributed by atoms with van der Waals surface area (Å²) in [7, 11) is 2.88. The van der Waals surface area contributed by atoms with Crippen molar-refractivity contribution < 1.29 is 18.7 Å². The molecule has 2 aromatic carbocycles. The van der Waals surface area contributed by atoms with Crippen molar-refractivity contribution in [2.24, 2.45) is 0 Å². The van der Waals surface area contributed by atoms with Crippen LogP contribution < -0.4 is 20.1 Å². The van der Waals surface area contributed by atoms with Gasteiger partial charge in [0.1, 0.15) is 23.1 Å². The number of methoxy groups -OCH3 is 2. The SMILES string of the molecule is C=CC(=O)Nc1cccc(C)c1Nc1ccc(/C(F)=C/c2c(Cl)c(OC)cc(OC)c2Cl)cn1. The van der Waals surface area contributed by atoms with E-state index in [0.29, 0.717) is 28.7 Å². The highest BCUT2D eigenvalue weighted by Crippen LogP contribution is 2.42. The first-order chi connectivity index (χ1) is 16.3. The van der Waals surface area contributed by atoms with Gasteiger partial charge in [-0.25, -0.2) is 9.37 Å². The van der Waals surface area contributed by atoms with Crippen LogP contribution in [0, 0.1) is 6.92 Å². The summed E-state index contributed by atoms with van der Waals surface area (Å²) in [4.78, 5) is 16.0. The average molecular weight is 502 g/mol. The van der Waals surface area contributed by atoms with Crippen LogP contribution in [-0.2, 0) is 4.79 Å². The number of benzene rings is 2. The van der Waals surface area contributed by atoms with Gasteiger partial charge in [-0.15, -0.1) is 0 Å². The molecule has 34 heavy (non-hydrogen) atoms. The molecule has 2 N–H and O–H groups in total. The Hall–Kier alpha value is -3.55. The smallest absolute Gasteiger partial charge is 0.247 e. The Morgan fingerprint density at radius 3 is 2.35 bits per heavy atom. The molecule has 3 rings (SSSR count). The molecule has 3 aromatic rings. The number of aromatic nitrogens is 1. The van der Waals surface area contributed by atoms with Crippen LogP contribution in [0.3, 0.4) is 0 Å². The fourth-order valence-electron chi connectivity index (χ4n) is 3.10. The van der Waals surface area contributed by atoms with Gasteiger partial charge in [0.15, 0.2) is 0 Å². The van der Waals surface area contributed by atoms with E-state index in [2.05, 4.69) is 22.2 Å². The molecule has 1 aromatic heterocycles. The molecule has 0 saturated heterocycles. The van der Waals surface area contributed by atoms with E-state index in [1.807, 2.05) is 19.1 Å². The van der Waals surface area contributed by atoms with Crippen molar-refractivity contribution in [1.82, 2.24) is 4.98 Å². The molecule has 0 fully saturated rings. The number of anilines is 3. The van der Waals surface area contributed by atoms with Gasteiger partial charge in [-0.2, -0.15) is 0 Å². The van der Waals surface area contributed by atoms with Gasteiger partial charge in [0, 0.05) is 23.4 Å². The Morgan fingerprint density at radius 1 is 1.12 bits per heavy atom. The van der Waals surface area contributed by atoms with E-state index in [1.54, 1.807) is 18.2 Å². The van der Waals surface area contributed by atoms with Crippen LogP contribution >= 0.6 is 23.2 Å². The minimum atomic E-state index is -0.604. The Bertz CT molecular complexity index is 1230. The number of rotatable bonds is 8. The molecular weight excluding hydrogens is 480 g/mol. The van der Waals surface area contributed by atoms with Crippen molar-refractivity contribution in [2.75, 3.05) is 24.9 Å². The van der Waals surface area contributed by atoms with Gasteiger partial charge in [-0.05, 0) is 42.8 Å². The summed E-state index contributed by atoms with van der Waals surface area (Å²) in [6.45, 7) is 5.35. The lowest BCUT2D eigenvalue weighted by Crippen LogP contribution is -2.10. The number of hydrogen-bond acceptors (Lipinski definition) is 5. The largest absolute Gasteiger partial charge is 0.495 e. The van der Waals surface area contributed by atoms with E-state index in [-0.39, 0.29) is 27.1 Å². The topological polar surface area (TPSA) is 72.5 Å². The van der Waals surface area contributed by atoms with Gasteiger partial charge in [0.25, 0.3) is 0 Å². The number of carbonyl (C=O) groups is 1. The van der Waals surface area contributed by atoms with Gasteiger partial charge in [-0.1, -0.05) is 41.9 Å². The van der Waals surface area contributed by atoms with Crippen molar-refractivity contribution >= 4 is 58.2 Å². The van der Waals surface area contributed by atoms with Crippen LogP contribution in [0.5, 0.6) is 11.5 Å². The summed E-state index contributed by atoms with van der Waals surface area (Å²) in [5, 5.41) is 6.21. The summed E-state index contributed by atoms with van der Waals surface area (Å²) >= 11 is 12.7. The predicted molar refractivity (Wildman–Crippen MR) is 136 cm³/mol. The Balaban J connectivity index is 1.90. The van der Waals surface area contributed by atoms with Gasteiger partial charge >= 0.3 is 0 Å². The third kappa shape index (κ3) is 5.50. The van der Waals surface area contributed by atoms with Crippen LogP contribution in [-0.4, -0.2) is 25.1 Å². The van der Waals surface area contributed by atoms with E-state index >= 15 is 4.39 Å². The number of aryl methyl sites for hydroxylation is 1. The second-order valence-electron chi connectivity index (χ2n) is 7.06. The molecule has 1 heterocycles. The van der Waals surface area contributed by atoms with Crippen LogP contribution in [0.4, 0.5) is 21.6 Å². The summed E-state index contributed by atoms with van der Waals surface area (Å²) in [5.74, 6) is 0.122. The molecule has 6 nitrogen and oxygen atoms in total. The molecular formula is C25H22Cl2FN3O3. The lowest BCUT2D eigenvalue weighted by Gasteiger charge is -2.15. The fourth-order valence-corrected chi connectivity index (χ4v) is 3.71. The van der Waals surface area contributed by atoms with E-state index in [0.717, 1.165) is 5.56 Å². The van der Waals surface area contributed by atoms with Gasteiger partial charge < -0.3 is 20.1 Å². The Morgan fingerprint density at radius 2 is 1.79 bits per heavy atom. The molecule has 0 radical (unpaired) electrons. The molecule has 9 heteroatoms. The molecule has 1 amide bonds. The number of carbonyl (C=O) groups excluding carboxylic acids is 1. The fraction of sp³-hybridized carbons (Fsp3) is 0.120. The molecule has 176 valence electrons. The second-order valence-corrected chi connectivity index (χ2v) is 7.82. The first-order valence-electron chi connectivity index (χ1n) is 10.0. The van der Waals surface area contributed by atoms with Crippen molar-refractivity contribution in [3.05, 3.63) is 82.0 Å². The maximum atomic E-state index is 15.1. The summed E-state index contributed by atoms with van der Waals surface area (Å²) in [6.07, 6.45) is 3.75. The van der Waals surface area contributed by atoms with E-state index in [1.165, 1.54) is 38.6 Å². The van der Waals surface area contributed by atoms with Crippen LogP contribution in [0.15, 0.2) is 55.3 Å². The lowest BCUT2D eigenvalue weighted by molar-refractivity contribution is -0.111. The Labute approximate surface area is 207 Å². The van der Waals surface area contributed by atoms with Crippen molar-refractivity contribution in [1.29, 1.82) is 0 Å². The highest BCUT2D eigenvalue weighted by Gasteiger charge is 2.17. The Kier molecular flexibility index (Phi) is 8.15. The highest BCUT2D eigenvalue weighted by atomic mass is 35.5. The van der Waals surface area contributed by atoms with Crippen LogP contribution in [0.1, 0.15) is 16.7 Å². The van der Waals surface area contributed by atoms with E-state index in [4.69, 9.17) is 32.7 Å². The van der Waals surface area contributed by atoms with Gasteiger partial charge in [0.05, 0.1) is 35.6 Å². The van der Waals surface area contributed by atoms with Crippen LogP contribution in [0.2, 0.25) is 10.0 Å². The molecule has 0 aliphatic heterocycles.